The summed E-state index contributed by atoms with van der Waals surface area (Å²) in [6, 6.07) is 5.87. The minimum absolute atomic E-state index is 0.135. The summed E-state index contributed by atoms with van der Waals surface area (Å²) in [5.41, 5.74) is -5.06. The number of carbonyl (C=O) groups excluding carboxylic acids is 3. The van der Waals surface area contributed by atoms with E-state index in [1.165, 1.54) is 36.4 Å². The molecule has 1 aromatic rings. The van der Waals surface area contributed by atoms with Gasteiger partial charge < -0.3 is 14.9 Å². The number of nitrogens with zero attached hydrogens (tertiary/aromatic N) is 1. The number of aliphatic hydroxyl groups excluding tert-OH is 1. The summed E-state index contributed by atoms with van der Waals surface area (Å²) < 4.78 is 22.6. The first kappa shape index (κ1) is 29.7. The van der Waals surface area contributed by atoms with E-state index in [2.05, 4.69) is 4.84 Å². The highest BCUT2D eigenvalue weighted by atomic mass is 19.1. The van der Waals surface area contributed by atoms with Crippen LogP contribution in [0, 0.1) is 28.6 Å². The standard InChI is InChI=1S/C30H36FNO9/c1-17-12-23-22-9-8-20-13-21(33)10-11-27(20,2)29(22,31)24(34)14-28(23,3)30(17,37)25(35)16-40-26(36)19-6-4-18(5-7-19)15-41-32(38)39/h4-7,10-11,13,17,22-24,34,37-39H,8-9,12,14-16H2,1-3H3/t17-,22?,23?,24+,27+,28+,29+,30+/m1/s1. The van der Waals surface area contributed by atoms with Crippen molar-refractivity contribution in [2.75, 3.05) is 6.61 Å². The number of ether oxygens (including phenoxy) is 1. The highest BCUT2D eigenvalue weighted by molar-refractivity contribution is 6.01. The molecule has 8 atom stereocenters. The van der Waals surface area contributed by atoms with Crippen LogP contribution in [0.4, 0.5) is 4.39 Å². The molecule has 11 heteroatoms. The summed E-state index contributed by atoms with van der Waals surface area (Å²) in [7, 11) is 0. The number of halogens is 1. The molecule has 0 aliphatic heterocycles. The fraction of sp³-hybridized carbons (Fsp3) is 0.567. The molecule has 222 valence electrons. The molecule has 0 amide bonds. The van der Waals surface area contributed by atoms with Crippen LogP contribution in [0.3, 0.4) is 0 Å². The van der Waals surface area contributed by atoms with E-state index >= 15 is 4.39 Å². The molecular weight excluding hydrogens is 537 g/mol. The molecule has 0 spiro atoms. The van der Waals surface area contributed by atoms with Crippen LogP contribution >= 0.6 is 0 Å². The maximum absolute atomic E-state index is 17.3. The third kappa shape index (κ3) is 4.33. The van der Waals surface area contributed by atoms with Crippen molar-refractivity contribution in [3.63, 3.8) is 0 Å². The maximum Gasteiger partial charge on any atom is 0.338 e. The first-order chi connectivity index (χ1) is 19.2. The number of rotatable bonds is 7. The second-order valence-corrected chi connectivity index (χ2v) is 12.4. The van der Waals surface area contributed by atoms with Crippen LogP contribution in [-0.2, 0) is 25.8 Å². The number of hydrogen-bond donors (Lipinski definition) is 4. The van der Waals surface area contributed by atoms with Gasteiger partial charge in [0, 0.05) is 16.7 Å². The second-order valence-electron chi connectivity index (χ2n) is 12.4. The van der Waals surface area contributed by atoms with Gasteiger partial charge in [0.2, 0.25) is 5.78 Å². The van der Waals surface area contributed by atoms with Gasteiger partial charge in [-0.15, -0.1) is 0 Å². The maximum atomic E-state index is 17.3. The van der Waals surface area contributed by atoms with Crippen molar-refractivity contribution in [1.82, 2.24) is 5.39 Å². The van der Waals surface area contributed by atoms with Gasteiger partial charge in [0.05, 0.1) is 23.7 Å². The monoisotopic (exact) mass is 573 g/mol. The Morgan fingerprint density at radius 2 is 1.83 bits per heavy atom. The first-order valence-corrected chi connectivity index (χ1v) is 13.8. The van der Waals surface area contributed by atoms with Crippen molar-refractivity contribution in [3.8, 4) is 0 Å². The summed E-state index contributed by atoms with van der Waals surface area (Å²) in [5.74, 6) is -3.37. The molecule has 2 unspecified atom stereocenters. The van der Waals surface area contributed by atoms with Crippen molar-refractivity contribution in [1.29, 1.82) is 0 Å². The summed E-state index contributed by atoms with van der Waals surface area (Å²) >= 11 is 0. The highest BCUT2D eigenvalue weighted by Crippen LogP contribution is 2.70. The third-order valence-electron chi connectivity index (χ3n) is 10.5. The van der Waals surface area contributed by atoms with Gasteiger partial charge in [-0.2, -0.15) is 0 Å². The Hall–Kier alpha value is -2.80. The van der Waals surface area contributed by atoms with Gasteiger partial charge in [0.25, 0.3) is 0 Å². The number of hydrogen-bond acceptors (Lipinski definition) is 10. The van der Waals surface area contributed by atoms with Crippen molar-refractivity contribution < 1.29 is 49.0 Å². The van der Waals surface area contributed by atoms with E-state index in [1.54, 1.807) is 26.8 Å². The smallest absolute Gasteiger partial charge is 0.338 e. The Bertz CT molecular complexity index is 1310. The van der Waals surface area contributed by atoms with Crippen molar-refractivity contribution in [2.45, 2.75) is 70.4 Å². The van der Waals surface area contributed by atoms with Crippen molar-refractivity contribution in [2.24, 2.45) is 28.6 Å². The molecule has 4 aliphatic carbocycles. The Morgan fingerprint density at radius 3 is 2.49 bits per heavy atom. The molecule has 0 saturated heterocycles. The lowest BCUT2D eigenvalue weighted by atomic mass is 9.44. The number of Topliss-reactive ketones (excluding diaryl/α,β-unsaturated/α-hetero) is 1. The lowest BCUT2D eigenvalue weighted by molar-refractivity contribution is -0.497. The quantitative estimate of drug-likeness (QED) is 0.282. The van der Waals surface area contributed by atoms with E-state index in [0.29, 0.717) is 30.4 Å². The molecule has 10 nitrogen and oxygen atoms in total. The molecule has 3 fully saturated rings. The van der Waals surface area contributed by atoms with Crippen LogP contribution in [-0.4, -0.2) is 67.5 Å². The van der Waals surface area contributed by atoms with Crippen LogP contribution in [0.2, 0.25) is 0 Å². The number of alkyl halides is 1. The van der Waals surface area contributed by atoms with E-state index in [0.717, 1.165) is 0 Å². The predicted octanol–water partition coefficient (Wildman–Crippen LogP) is 3.27. The zero-order valence-corrected chi connectivity index (χ0v) is 23.2. The number of ketones is 2. The fourth-order valence-corrected chi connectivity index (χ4v) is 8.33. The van der Waals surface area contributed by atoms with Gasteiger partial charge in [-0.05, 0) is 74.3 Å². The Kier molecular flexibility index (Phi) is 7.37. The van der Waals surface area contributed by atoms with E-state index in [1.807, 2.05) is 0 Å². The van der Waals surface area contributed by atoms with Crippen molar-refractivity contribution >= 4 is 17.5 Å². The number of carbonyl (C=O) groups is 3. The Morgan fingerprint density at radius 1 is 1.15 bits per heavy atom. The molecule has 0 aromatic heterocycles. The van der Waals surface area contributed by atoms with Crippen molar-refractivity contribution in [3.05, 3.63) is 59.2 Å². The number of allylic oxidation sites excluding steroid dienone is 4. The first-order valence-electron chi connectivity index (χ1n) is 13.8. The van der Waals surface area contributed by atoms with Gasteiger partial charge in [0.15, 0.2) is 18.1 Å². The largest absolute Gasteiger partial charge is 0.454 e. The molecule has 4 N–H and O–H groups in total. The topological polar surface area (TPSA) is 154 Å². The molecule has 3 saturated carbocycles. The average Bonchev–Trinajstić information content (AvgIpc) is 3.13. The van der Waals surface area contributed by atoms with Gasteiger partial charge in [-0.25, -0.2) is 14.0 Å². The van der Waals surface area contributed by atoms with E-state index < -0.39 is 69.7 Å². The van der Waals surface area contributed by atoms with Gasteiger partial charge in [-0.1, -0.05) is 37.6 Å². The molecule has 0 radical (unpaired) electrons. The van der Waals surface area contributed by atoms with Crippen LogP contribution in [0.15, 0.2) is 48.1 Å². The molecule has 4 aliphatic rings. The normalized spacial score (nSPS) is 39.5. The number of fused-ring (bicyclic) bond motifs is 5. The zero-order chi connectivity index (χ0) is 30.0. The molecule has 1 aromatic carbocycles. The third-order valence-corrected chi connectivity index (χ3v) is 10.5. The molecule has 0 bridgehead atoms. The Balaban J connectivity index is 1.34. The lowest BCUT2D eigenvalue weighted by Crippen LogP contribution is -2.69. The van der Waals surface area contributed by atoms with Gasteiger partial charge >= 0.3 is 5.97 Å². The minimum atomic E-state index is -2.08. The van der Waals surface area contributed by atoms with E-state index in [9.17, 15) is 24.6 Å². The van der Waals surface area contributed by atoms with Gasteiger partial charge in [0.1, 0.15) is 5.60 Å². The summed E-state index contributed by atoms with van der Waals surface area (Å²) in [6.07, 6.45) is 3.90. The predicted molar refractivity (Wildman–Crippen MR) is 140 cm³/mol. The van der Waals surface area contributed by atoms with Crippen LogP contribution in [0.1, 0.15) is 62.4 Å². The summed E-state index contributed by atoms with van der Waals surface area (Å²) in [4.78, 5) is 42.8. The molecule has 41 heavy (non-hydrogen) atoms. The van der Waals surface area contributed by atoms with Gasteiger partial charge in [-0.3, -0.25) is 20.0 Å². The van der Waals surface area contributed by atoms with E-state index in [-0.39, 0.29) is 24.4 Å². The summed E-state index contributed by atoms with van der Waals surface area (Å²) in [6.45, 7) is 4.30. The zero-order valence-electron chi connectivity index (χ0n) is 23.2. The average molecular weight is 574 g/mol. The lowest BCUT2D eigenvalue weighted by Gasteiger charge is -2.62. The summed E-state index contributed by atoms with van der Waals surface area (Å²) in [5, 5.41) is 40.3. The van der Waals surface area contributed by atoms with Crippen LogP contribution in [0.5, 0.6) is 0 Å². The van der Waals surface area contributed by atoms with Crippen LogP contribution < -0.4 is 0 Å². The van der Waals surface area contributed by atoms with Crippen LogP contribution in [0.25, 0.3) is 0 Å². The SMILES string of the molecule is C[C@@H]1CC2C3CCC4=CC(=O)C=C[C@]4(C)[C@@]3(F)[C@@H](O)C[C@]2(C)[C@@]1(O)C(=O)COC(=O)c1ccc(CON(O)O)cc1. The second kappa shape index (κ2) is 10.2. The number of aliphatic hydroxyl groups is 2. The Labute approximate surface area is 236 Å². The molecule has 0 heterocycles. The van der Waals surface area contributed by atoms with E-state index in [4.69, 9.17) is 15.2 Å². The minimum Gasteiger partial charge on any atom is -0.454 e. The fourth-order valence-electron chi connectivity index (χ4n) is 8.33. The molecular formula is C30H36FNO9. The molecule has 5 rings (SSSR count). The number of benzene rings is 1. The highest BCUT2D eigenvalue weighted by Gasteiger charge is 2.75. The number of esters is 1.